The smallest absolute Gasteiger partial charge is 0.497 e. The Morgan fingerprint density at radius 3 is 2.49 bits per heavy atom. The van der Waals surface area contributed by atoms with E-state index in [0.29, 0.717) is 52.9 Å². The van der Waals surface area contributed by atoms with Gasteiger partial charge < -0.3 is 29.4 Å². The van der Waals surface area contributed by atoms with Crippen molar-refractivity contribution >= 4 is 29.5 Å². The van der Waals surface area contributed by atoms with E-state index in [1.54, 1.807) is 49.6 Å². The fourth-order valence-corrected chi connectivity index (χ4v) is 4.31. The molecule has 0 saturated carbocycles. The van der Waals surface area contributed by atoms with Crippen LogP contribution in [0.1, 0.15) is 28.4 Å². The topological polar surface area (TPSA) is 116 Å². The molecule has 5 rings (SSSR count). The summed E-state index contributed by atoms with van der Waals surface area (Å²) >= 11 is 6.40. The number of pyridine rings is 1. The number of hydrogen-bond donors (Lipinski definition) is 2. The number of ether oxygens (including phenoxy) is 4. The summed E-state index contributed by atoms with van der Waals surface area (Å²) in [7, 11) is 1.61. The number of amides is 1. The molecular formula is C29H23ClN2O7. The third-order valence-electron chi connectivity index (χ3n) is 6.01. The molecule has 4 aromatic rings. The number of methoxy groups -OCH3 is 1. The molecule has 39 heavy (non-hydrogen) atoms. The highest BCUT2D eigenvalue weighted by Crippen LogP contribution is 2.42. The molecule has 0 saturated heterocycles. The highest BCUT2D eigenvalue weighted by atomic mass is 35.5. The second-order valence-electron chi connectivity index (χ2n) is 8.55. The molecule has 198 valence electrons. The van der Waals surface area contributed by atoms with Gasteiger partial charge in [-0.15, -0.1) is 0 Å². The Balaban J connectivity index is 1.26. The van der Waals surface area contributed by atoms with Crippen LogP contribution in [0.25, 0.3) is 11.3 Å². The van der Waals surface area contributed by atoms with Crippen LogP contribution < -0.4 is 19.5 Å². The Morgan fingerprint density at radius 1 is 1.03 bits per heavy atom. The van der Waals surface area contributed by atoms with E-state index in [-0.39, 0.29) is 10.9 Å². The van der Waals surface area contributed by atoms with Crippen LogP contribution in [0.2, 0.25) is 5.02 Å². The third kappa shape index (κ3) is 6.05. The molecule has 0 bridgehead atoms. The van der Waals surface area contributed by atoms with Crippen molar-refractivity contribution in [1.82, 2.24) is 4.98 Å². The first-order valence-electron chi connectivity index (χ1n) is 12.0. The number of hydrogen-bond acceptors (Lipinski definition) is 7. The van der Waals surface area contributed by atoms with E-state index in [0.717, 1.165) is 11.3 Å². The second kappa shape index (κ2) is 11.3. The Bertz CT molecular complexity index is 1510. The lowest BCUT2D eigenvalue weighted by Crippen LogP contribution is -2.18. The Hall–Kier alpha value is -4.76. The molecule has 1 atom stereocenters. The monoisotopic (exact) mass is 546 g/mol. The number of anilines is 1. The van der Waals surface area contributed by atoms with Gasteiger partial charge in [0.1, 0.15) is 34.9 Å². The normalized spacial score (nSPS) is 13.9. The second-order valence-corrected chi connectivity index (χ2v) is 8.95. The van der Waals surface area contributed by atoms with E-state index in [1.807, 2.05) is 36.4 Å². The molecule has 2 heterocycles. The Morgan fingerprint density at radius 2 is 1.77 bits per heavy atom. The summed E-state index contributed by atoms with van der Waals surface area (Å²) < 4.78 is 21.7. The van der Waals surface area contributed by atoms with E-state index in [9.17, 15) is 9.59 Å². The molecule has 1 aliphatic heterocycles. The number of carbonyl (C=O) groups is 2. The lowest BCUT2D eigenvalue weighted by molar-refractivity contribution is 0.0326. The maximum atomic E-state index is 12.8. The molecule has 1 aromatic heterocycles. The van der Waals surface area contributed by atoms with Gasteiger partial charge >= 0.3 is 6.16 Å². The number of halogens is 1. The van der Waals surface area contributed by atoms with Crippen molar-refractivity contribution in [2.75, 3.05) is 19.0 Å². The van der Waals surface area contributed by atoms with Gasteiger partial charge in [0.2, 0.25) is 0 Å². The van der Waals surface area contributed by atoms with Crippen molar-refractivity contribution in [3.05, 3.63) is 95.0 Å². The average Bonchev–Trinajstić information content (AvgIpc) is 2.94. The third-order valence-corrected chi connectivity index (χ3v) is 6.31. The molecule has 0 spiro atoms. The number of carbonyl (C=O) groups excluding carboxylic acids is 1. The van der Waals surface area contributed by atoms with Crippen LogP contribution in [0.3, 0.4) is 0 Å². The highest BCUT2D eigenvalue weighted by Gasteiger charge is 2.27. The first kappa shape index (κ1) is 25.9. The minimum Gasteiger partial charge on any atom is -0.497 e. The zero-order valence-electron chi connectivity index (χ0n) is 20.7. The van der Waals surface area contributed by atoms with Crippen LogP contribution in [-0.2, 0) is 4.74 Å². The minimum absolute atomic E-state index is 0.267. The van der Waals surface area contributed by atoms with Crippen LogP contribution >= 0.6 is 11.6 Å². The molecular weight excluding hydrogens is 524 g/mol. The molecule has 0 fully saturated rings. The van der Waals surface area contributed by atoms with Crippen LogP contribution in [0, 0.1) is 0 Å². The molecule has 10 heteroatoms. The number of aromatic nitrogens is 1. The van der Waals surface area contributed by atoms with Gasteiger partial charge in [-0.25, -0.2) is 9.78 Å². The largest absolute Gasteiger partial charge is 0.506 e. The standard InChI is InChI=1S/C29H23ClN2O7/c1-36-19-9-5-17(6-10-19)23-3-2-4-27(31-23)32-28(33)18-7-11-20(12-8-18)38-26-16-25-21(15-22(26)30)24(13-14-37-25)39-29(34)35/h2-12,15-16,24H,13-14H2,1H3,(H,34,35)(H,31,32,33). The number of fused-ring (bicyclic) bond motifs is 1. The summed E-state index contributed by atoms with van der Waals surface area (Å²) in [6.45, 7) is 0.299. The molecule has 1 unspecified atom stereocenters. The van der Waals surface area contributed by atoms with Crippen molar-refractivity contribution in [2.24, 2.45) is 0 Å². The Labute approximate surface area is 228 Å². The van der Waals surface area contributed by atoms with Gasteiger partial charge in [-0.2, -0.15) is 0 Å². The highest BCUT2D eigenvalue weighted by molar-refractivity contribution is 6.32. The fourth-order valence-electron chi connectivity index (χ4n) is 4.10. The predicted octanol–water partition coefficient (Wildman–Crippen LogP) is 6.97. The van der Waals surface area contributed by atoms with Crippen LogP contribution in [0.4, 0.5) is 10.6 Å². The molecule has 3 aromatic carbocycles. The van der Waals surface area contributed by atoms with E-state index in [2.05, 4.69) is 10.3 Å². The van der Waals surface area contributed by atoms with Crippen molar-refractivity contribution in [2.45, 2.75) is 12.5 Å². The predicted molar refractivity (Wildman–Crippen MR) is 144 cm³/mol. The summed E-state index contributed by atoms with van der Waals surface area (Å²) in [6, 6.07) is 22.6. The summed E-state index contributed by atoms with van der Waals surface area (Å²) in [4.78, 5) is 28.4. The van der Waals surface area contributed by atoms with E-state index in [1.165, 1.54) is 0 Å². The number of nitrogens with zero attached hydrogens (tertiary/aromatic N) is 1. The summed E-state index contributed by atoms with van der Waals surface area (Å²) in [6.07, 6.45) is -1.64. The van der Waals surface area contributed by atoms with Crippen molar-refractivity contribution in [3.8, 4) is 34.3 Å². The lowest BCUT2D eigenvalue weighted by atomic mass is 10.0. The maximum Gasteiger partial charge on any atom is 0.506 e. The zero-order valence-corrected chi connectivity index (χ0v) is 21.5. The Kier molecular flexibility index (Phi) is 7.51. The van der Waals surface area contributed by atoms with Gasteiger partial charge in [-0.05, 0) is 66.7 Å². The average molecular weight is 547 g/mol. The van der Waals surface area contributed by atoms with Crippen molar-refractivity contribution in [1.29, 1.82) is 0 Å². The van der Waals surface area contributed by atoms with E-state index >= 15 is 0 Å². The molecule has 1 aliphatic rings. The number of rotatable bonds is 7. The number of nitrogens with one attached hydrogen (secondary N) is 1. The first-order chi connectivity index (χ1) is 18.9. The van der Waals surface area contributed by atoms with E-state index in [4.69, 9.17) is 35.7 Å². The minimum atomic E-state index is -1.37. The van der Waals surface area contributed by atoms with Crippen molar-refractivity contribution < 1.29 is 33.6 Å². The molecule has 1 amide bonds. The van der Waals surface area contributed by atoms with Crippen LogP contribution in [0.15, 0.2) is 78.9 Å². The molecule has 0 aliphatic carbocycles. The van der Waals surface area contributed by atoms with Gasteiger partial charge in [0, 0.05) is 29.2 Å². The zero-order chi connectivity index (χ0) is 27.4. The summed E-state index contributed by atoms with van der Waals surface area (Å²) in [5, 5.41) is 12.1. The van der Waals surface area contributed by atoms with Crippen LogP contribution in [-0.4, -0.2) is 35.9 Å². The van der Waals surface area contributed by atoms with Gasteiger partial charge in [0.15, 0.2) is 0 Å². The van der Waals surface area contributed by atoms with Crippen LogP contribution in [0.5, 0.6) is 23.0 Å². The number of carboxylic acid groups (broad SMARTS) is 1. The molecule has 0 radical (unpaired) electrons. The van der Waals surface area contributed by atoms with Gasteiger partial charge in [0.25, 0.3) is 5.91 Å². The lowest BCUT2D eigenvalue weighted by Gasteiger charge is -2.25. The molecule has 9 nitrogen and oxygen atoms in total. The maximum absolute atomic E-state index is 12.8. The molecule has 2 N–H and O–H groups in total. The van der Waals surface area contributed by atoms with Gasteiger partial charge in [-0.1, -0.05) is 17.7 Å². The number of benzene rings is 3. The van der Waals surface area contributed by atoms with Gasteiger partial charge in [-0.3, -0.25) is 4.79 Å². The fraction of sp³-hybridized carbons (Fsp3) is 0.138. The summed E-state index contributed by atoms with van der Waals surface area (Å²) in [5.74, 6) is 2.04. The van der Waals surface area contributed by atoms with E-state index < -0.39 is 12.3 Å². The summed E-state index contributed by atoms with van der Waals surface area (Å²) in [5.41, 5.74) is 2.56. The van der Waals surface area contributed by atoms with Crippen molar-refractivity contribution in [3.63, 3.8) is 0 Å². The quantitative estimate of drug-likeness (QED) is 0.239. The first-order valence-corrected chi connectivity index (χ1v) is 12.3. The SMILES string of the molecule is COc1ccc(-c2cccc(NC(=O)c3ccc(Oc4cc5c(cc4Cl)C(OC(=O)O)CCO5)cc3)n2)cc1. The van der Waals surface area contributed by atoms with Gasteiger partial charge in [0.05, 0.1) is 24.4 Å².